The lowest BCUT2D eigenvalue weighted by molar-refractivity contribution is 0.0617. The largest absolute Gasteiger partial charge is 0.497 e. The molecule has 4 rings (SSSR count). The van der Waals surface area contributed by atoms with Gasteiger partial charge in [0.2, 0.25) is 0 Å². The molecule has 0 aliphatic carbocycles. The summed E-state index contributed by atoms with van der Waals surface area (Å²) in [6.45, 7) is 5.75. The molecule has 2 aromatic carbocycles. The minimum absolute atomic E-state index is 0.123. The van der Waals surface area contributed by atoms with E-state index in [0.717, 1.165) is 6.42 Å². The van der Waals surface area contributed by atoms with Gasteiger partial charge in [-0.2, -0.15) is 9.78 Å². The van der Waals surface area contributed by atoms with Gasteiger partial charge in [-0.3, -0.25) is 9.59 Å². The van der Waals surface area contributed by atoms with Gasteiger partial charge in [0.15, 0.2) is 5.69 Å². The second kappa shape index (κ2) is 7.70. The third-order valence-corrected chi connectivity index (χ3v) is 5.48. The van der Waals surface area contributed by atoms with Gasteiger partial charge in [0.1, 0.15) is 5.75 Å². The van der Waals surface area contributed by atoms with Crippen LogP contribution in [0, 0.1) is 11.8 Å². The van der Waals surface area contributed by atoms with Crippen molar-refractivity contribution in [3.63, 3.8) is 0 Å². The number of hydrogen-bond donors (Lipinski definition) is 0. The second-order valence-electron chi connectivity index (χ2n) is 7.97. The Morgan fingerprint density at radius 2 is 1.62 bits per heavy atom. The van der Waals surface area contributed by atoms with E-state index in [1.807, 2.05) is 11.0 Å². The van der Waals surface area contributed by atoms with Crippen LogP contribution in [0.25, 0.3) is 16.5 Å². The van der Waals surface area contributed by atoms with Crippen LogP contribution in [0.5, 0.6) is 5.75 Å². The molecule has 1 aromatic heterocycles. The standard InChI is InChI=1S/C23H25N3O3/c1-15-12-16(2)14-25(13-15)23(28)21-19-6-4-5-7-20(19)22(27)26(24-21)17-8-10-18(29-3)11-9-17/h4-11,15-16H,12-14H2,1-3H3/t15-,16-/m0/s1. The average Bonchev–Trinajstić information content (AvgIpc) is 2.73. The van der Waals surface area contributed by atoms with Gasteiger partial charge in [0.25, 0.3) is 11.5 Å². The second-order valence-corrected chi connectivity index (χ2v) is 7.97. The summed E-state index contributed by atoms with van der Waals surface area (Å²) in [6, 6.07) is 14.3. The molecule has 1 saturated heterocycles. The molecule has 6 heteroatoms. The summed E-state index contributed by atoms with van der Waals surface area (Å²) in [4.78, 5) is 28.4. The Bertz CT molecular complexity index is 1090. The van der Waals surface area contributed by atoms with Crippen molar-refractivity contribution in [3.05, 3.63) is 64.6 Å². The Morgan fingerprint density at radius 1 is 1.00 bits per heavy atom. The molecule has 29 heavy (non-hydrogen) atoms. The maximum Gasteiger partial charge on any atom is 0.279 e. The number of carbonyl (C=O) groups excluding carboxylic acids is 1. The minimum atomic E-state index is -0.248. The van der Waals surface area contributed by atoms with Gasteiger partial charge in [-0.05, 0) is 48.6 Å². The van der Waals surface area contributed by atoms with Crippen LogP contribution in [-0.4, -0.2) is 40.8 Å². The molecule has 1 aliphatic heterocycles. The maximum absolute atomic E-state index is 13.4. The van der Waals surface area contributed by atoms with Crippen LogP contribution in [0.15, 0.2) is 53.3 Å². The normalized spacial score (nSPS) is 19.3. The van der Waals surface area contributed by atoms with Crippen molar-refractivity contribution in [1.82, 2.24) is 14.7 Å². The van der Waals surface area contributed by atoms with E-state index in [1.165, 1.54) is 4.68 Å². The number of ether oxygens (including phenoxy) is 1. The molecule has 2 heterocycles. The Morgan fingerprint density at radius 3 is 2.24 bits per heavy atom. The zero-order valence-electron chi connectivity index (χ0n) is 17.0. The molecule has 1 aliphatic rings. The van der Waals surface area contributed by atoms with E-state index in [-0.39, 0.29) is 11.5 Å². The lowest BCUT2D eigenvalue weighted by Gasteiger charge is -2.35. The number of rotatable bonds is 3. The van der Waals surface area contributed by atoms with Crippen LogP contribution in [0.2, 0.25) is 0 Å². The predicted molar refractivity (Wildman–Crippen MR) is 113 cm³/mol. The van der Waals surface area contributed by atoms with E-state index in [4.69, 9.17) is 4.74 Å². The summed E-state index contributed by atoms with van der Waals surface area (Å²) in [5.74, 6) is 1.46. The third kappa shape index (κ3) is 3.62. The number of methoxy groups -OCH3 is 1. The Balaban J connectivity index is 1.85. The zero-order valence-corrected chi connectivity index (χ0v) is 17.0. The summed E-state index contributed by atoms with van der Waals surface area (Å²) in [7, 11) is 1.59. The number of aromatic nitrogens is 2. The third-order valence-electron chi connectivity index (χ3n) is 5.48. The number of hydrogen-bond acceptors (Lipinski definition) is 4. The highest BCUT2D eigenvalue weighted by molar-refractivity contribution is 6.04. The Kier molecular flexibility index (Phi) is 5.09. The molecule has 150 valence electrons. The first-order valence-corrected chi connectivity index (χ1v) is 9.93. The van der Waals surface area contributed by atoms with Crippen molar-refractivity contribution in [2.45, 2.75) is 20.3 Å². The predicted octanol–water partition coefficient (Wildman–Crippen LogP) is 3.51. The van der Waals surface area contributed by atoms with Crippen LogP contribution in [-0.2, 0) is 0 Å². The molecule has 6 nitrogen and oxygen atoms in total. The highest BCUT2D eigenvalue weighted by Crippen LogP contribution is 2.24. The fraction of sp³-hybridized carbons (Fsp3) is 0.348. The SMILES string of the molecule is COc1ccc(-n2nc(C(=O)N3C[C@@H](C)C[C@H](C)C3)c3ccccc3c2=O)cc1. The molecule has 1 amide bonds. The highest BCUT2D eigenvalue weighted by atomic mass is 16.5. The van der Waals surface area contributed by atoms with Crippen molar-refractivity contribution in [2.75, 3.05) is 20.2 Å². The lowest BCUT2D eigenvalue weighted by atomic mass is 9.91. The zero-order chi connectivity index (χ0) is 20.5. The number of piperidine rings is 1. The summed E-state index contributed by atoms with van der Waals surface area (Å²) in [5.41, 5.74) is 0.663. The van der Waals surface area contributed by atoms with Gasteiger partial charge in [0, 0.05) is 18.5 Å². The van der Waals surface area contributed by atoms with Crippen molar-refractivity contribution in [3.8, 4) is 11.4 Å². The summed E-state index contributed by atoms with van der Waals surface area (Å²) in [6.07, 6.45) is 1.11. The van der Waals surface area contributed by atoms with Crippen LogP contribution < -0.4 is 10.3 Å². The number of amides is 1. The topological polar surface area (TPSA) is 64.4 Å². The van der Waals surface area contributed by atoms with Crippen molar-refractivity contribution >= 4 is 16.7 Å². The highest BCUT2D eigenvalue weighted by Gasteiger charge is 2.28. The van der Waals surface area contributed by atoms with E-state index in [0.29, 0.717) is 52.8 Å². The smallest absolute Gasteiger partial charge is 0.279 e. The monoisotopic (exact) mass is 391 g/mol. The van der Waals surface area contributed by atoms with Gasteiger partial charge < -0.3 is 9.64 Å². The Labute approximate surface area is 169 Å². The quantitative estimate of drug-likeness (QED) is 0.685. The Hall–Kier alpha value is -3.15. The molecule has 0 N–H and O–H groups in total. The van der Waals surface area contributed by atoms with Crippen LogP contribution in [0.4, 0.5) is 0 Å². The van der Waals surface area contributed by atoms with Crippen LogP contribution >= 0.6 is 0 Å². The van der Waals surface area contributed by atoms with Gasteiger partial charge in [-0.15, -0.1) is 0 Å². The molecule has 3 aromatic rings. The van der Waals surface area contributed by atoms with E-state index >= 15 is 0 Å². The number of fused-ring (bicyclic) bond motifs is 1. The van der Waals surface area contributed by atoms with Gasteiger partial charge >= 0.3 is 0 Å². The number of likely N-dealkylation sites (tertiary alicyclic amines) is 1. The first-order valence-electron chi connectivity index (χ1n) is 9.93. The lowest BCUT2D eigenvalue weighted by Crippen LogP contribution is -2.43. The summed E-state index contributed by atoms with van der Waals surface area (Å²) in [5, 5.41) is 5.60. The van der Waals surface area contributed by atoms with Crippen molar-refractivity contribution in [2.24, 2.45) is 11.8 Å². The minimum Gasteiger partial charge on any atom is -0.497 e. The van der Waals surface area contributed by atoms with E-state index < -0.39 is 0 Å². The van der Waals surface area contributed by atoms with Gasteiger partial charge in [-0.25, -0.2) is 0 Å². The number of nitrogens with zero attached hydrogens (tertiary/aromatic N) is 3. The number of benzene rings is 2. The molecule has 0 saturated carbocycles. The van der Waals surface area contributed by atoms with Crippen molar-refractivity contribution in [1.29, 1.82) is 0 Å². The fourth-order valence-corrected chi connectivity index (χ4v) is 4.22. The number of carbonyl (C=O) groups is 1. The van der Waals surface area contributed by atoms with Crippen molar-refractivity contribution < 1.29 is 9.53 Å². The molecule has 2 atom stereocenters. The molecular formula is C23H25N3O3. The first kappa shape index (κ1) is 19.2. The molecule has 0 unspecified atom stereocenters. The molecule has 0 radical (unpaired) electrons. The summed E-state index contributed by atoms with van der Waals surface area (Å²) >= 11 is 0. The molecule has 0 spiro atoms. The van der Waals surface area contributed by atoms with Gasteiger partial charge in [-0.1, -0.05) is 32.0 Å². The molecule has 1 fully saturated rings. The average molecular weight is 391 g/mol. The van der Waals surface area contributed by atoms with E-state index in [2.05, 4.69) is 18.9 Å². The fourth-order valence-electron chi connectivity index (χ4n) is 4.22. The molecular weight excluding hydrogens is 366 g/mol. The maximum atomic E-state index is 13.4. The molecule has 0 bridgehead atoms. The van der Waals surface area contributed by atoms with Gasteiger partial charge in [0.05, 0.1) is 18.2 Å². The summed E-state index contributed by atoms with van der Waals surface area (Å²) < 4.78 is 6.51. The first-order chi connectivity index (χ1) is 14.0. The van der Waals surface area contributed by atoms with Crippen LogP contribution in [0.1, 0.15) is 30.8 Å². The van der Waals surface area contributed by atoms with E-state index in [9.17, 15) is 9.59 Å². The van der Waals surface area contributed by atoms with Crippen LogP contribution in [0.3, 0.4) is 0 Å². The van der Waals surface area contributed by atoms with E-state index in [1.54, 1.807) is 49.6 Å².